The number of carbonyl (C=O) groups is 2. The highest BCUT2D eigenvalue weighted by atomic mass is 35.5. The zero-order valence-corrected chi connectivity index (χ0v) is 17.2. The van der Waals surface area contributed by atoms with Crippen LogP contribution in [0.4, 0.5) is 0 Å². The summed E-state index contributed by atoms with van der Waals surface area (Å²) in [5.74, 6) is -0.569. The normalized spacial score (nSPS) is 11.3. The summed E-state index contributed by atoms with van der Waals surface area (Å²) >= 11 is 6.40. The van der Waals surface area contributed by atoms with Crippen molar-refractivity contribution in [3.05, 3.63) is 69.9 Å². The maximum absolute atomic E-state index is 13.1. The Bertz CT molecular complexity index is 1050. The first-order valence-electron chi connectivity index (χ1n) is 9.57. The van der Waals surface area contributed by atoms with Gasteiger partial charge in [0.25, 0.3) is 0 Å². The number of rotatable bonds is 7. The fourth-order valence-electron chi connectivity index (χ4n) is 3.60. The second-order valence-corrected chi connectivity index (χ2v) is 7.77. The number of nitrogens with zero attached hydrogens (tertiary/aromatic N) is 1. The minimum absolute atomic E-state index is 0.0768. The van der Waals surface area contributed by atoms with Crippen LogP contribution >= 0.6 is 11.6 Å². The lowest BCUT2D eigenvalue weighted by Gasteiger charge is -2.13. The van der Waals surface area contributed by atoms with Crippen molar-refractivity contribution in [3.63, 3.8) is 0 Å². The molecule has 3 aromatic rings. The van der Waals surface area contributed by atoms with Crippen LogP contribution in [-0.2, 0) is 13.0 Å². The number of carbonyl (C=O) groups excluding carboxylic acids is 2. The van der Waals surface area contributed by atoms with Crippen LogP contribution in [0.1, 0.15) is 59.2 Å². The summed E-state index contributed by atoms with van der Waals surface area (Å²) in [6.45, 7) is 6.45. The summed E-state index contributed by atoms with van der Waals surface area (Å²) in [7, 11) is 0. The van der Waals surface area contributed by atoms with Gasteiger partial charge < -0.3 is 10.3 Å². The molecule has 0 saturated carbocycles. The van der Waals surface area contributed by atoms with Crippen molar-refractivity contribution in [3.8, 4) is 0 Å². The molecule has 5 heteroatoms. The van der Waals surface area contributed by atoms with Gasteiger partial charge in [0.05, 0.1) is 0 Å². The van der Waals surface area contributed by atoms with Gasteiger partial charge in [-0.1, -0.05) is 57.0 Å². The van der Waals surface area contributed by atoms with E-state index in [1.165, 1.54) is 0 Å². The molecule has 0 fully saturated rings. The highest BCUT2D eigenvalue weighted by molar-refractivity contribution is 6.31. The van der Waals surface area contributed by atoms with E-state index in [9.17, 15) is 9.59 Å². The Morgan fingerprint density at radius 1 is 1.14 bits per heavy atom. The minimum atomic E-state index is -0.499. The number of halogens is 1. The summed E-state index contributed by atoms with van der Waals surface area (Å²) in [6.07, 6.45) is 1.67. The van der Waals surface area contributed by atoms with E-state index in [0.29, 0.717) is 22.7 Å². The molecule has 1 heterocycles. The van der Waals surface area contributed by atoms with Crippen LogP contribution in [0.5, 0.6) is 0 Å². The van der Waals surface area contributed by atoms with Crippen molar-refractivity contribution < 1.29 is 9.59 Å². The third-order valence-corrected chi connectivity index (χ3v) is 5.37. The fraction of sp³-hybridized carbons (Fsp3) is 0.304. The standard InChI is InChI=1S/C23H25ClN2O2/c1-4-7-20-21(22(27)14(2)3)17-12-15(23(25)28)10-11-19(17)26(20)13-16-8-5-6-9-18(16)24/h5-6,8-12,14H,4,7,13H2,1-3H3,(H2,25,28). The van der Waals surface area contributed by atoms with Gasteiger partial charge in [-0.3, -0.25) is 9.59 Å². The average molecular weight is 397 g/mol. The number of primary amides is 1. The molecule has 2 aromatic carbocycles. The third-order valence-electron chi connectivity index (χ3n) is 5.00. The first-order chi connectivity index (χ1) is 13.3. The molecule has 0 radical (unpaired) electrons. The number of ketones is 1. The van der Waals surface area contributed by atoms with E-state index in [0.717, 1.165) is 35.0 Å². The van der Waals surface area contributed by atoms with Gasteiger partial charge in [-0.2, -0.15) is 0 Å². The van der Waals surface area contributed by atoms with E-state index in [1.807, 2.05) is 44.2 Å². The van der Waals surface area contributed by atoms with Gasteiger partial charge in [-0.05, 0) is 36.2 Å². The molecule has 4 nitrogen and oxygen atoms in total. The highest BCUT2D eigenvalue weighted by Crippen LogP contribution is 2.32. The molecule has 2 N–H and O–H groups in total. The number of hydrogen-bond acceptors (Lipinski definition) is 2. The number of nitrogens with two attached hydrogens (primary N) is 1. The molecule has 0 spiro atoms. The van der Waals surface area contributed by atoms with E-state index in [1.54, 1.807) is 12.1 Å². The van der Waals surface area contributed by atoms with Gasteiger partial charge in [0.2, 0.25) is 5.91 Å². The quantitative estimate of drug-likeness (QED) is 0.555. The topological polar surface area (TPSA) is 65.1 Å². The predicted octanol–water partition coefficient (Wildman–Crippen LogP) is 5.23. The Kier molecular flexibility index (Phi) is 5.90. The molecule has 0 bridgehead atoms. The second-order valence-electron chi connectivity index (χ2n) is 7.36. The third kappa shape index (κ3) is 3.69. The van der Waals surface area contributed by atoms with E-state index >= 15 is 0 Å². The second kappa shape index (κ2) is 8.19. The number of amides is 1. The van der Waals surface area contributed by atoms with E-state index in [-0.39, 0.29) is 11.7 Å². The van der Waals surface area contributed by atoms with Crippen LogP contribution in [0.15, 0.2) is 42.5 Å². The zero-order valence-electron chi connectivity index (χ0n) is 16.5. The van der Waals surface area contributed by atoms with Crippen LogP contribution < -0.4 is 5.73 Å². The molecule has 0 atom stereocenters. The summed E-state index contributed by atoms with van der Waals surface area (Å²) < 4.78 is 2.15. The Balaban J connectivity index is 2.32. The Labute approximate surface area is 170 Å². The van der Waals surface area contributed by atoms with Crippen LogP contribution in [0.3, 0.4) is 0 Å². The molecule has 0 aliphatic carbocycles. The maximum atomic E-state index is 13.1. The van der Waals surface area contributed by atoms with Gasteiger partial charge >= 0.3 is 0 Å². The minimum Gasteiger partial charge on any atom is -0.366 e. The van der Waals surface area contributed by atoms with Crippen LogP contribution in [0.2, 0.25) is 5.02 Å². The lowest BCUT2D eigenvalue weighted by Crippen LogP contribution is -2.13. The summed E-state index contributed by atoms with van der Waals surface area (Å²) in [4.78, 5) is 24.8. The van der Waals surface area contributed by atoms with Gasteiger partial charge in [-0.15, -0.1) is 0 Å². The van der Waals surface area contributed by atoms with Crippen molar-refractivity contribution in [2.24, 2.45) is 11.7 Å². The van der Waals surface area contributed by atoms with E-state index < -0.39 is 5.91 Å². The molecule has 3 rings (SSSR count). The summed E-state index contributed by atoms with van der Waals surface area (Å²) in [5.41, 5.74) is 9.48. The number of fused-ring (bicyclic) bond motifs is 1. The molecule has 0 saturated heterocycles. The van der Waals surface area contributed by atoms with Crippen molar-refractivity contribution in [2.75, 3.05) is 0 Å². The molecule has 28 heavy (non-hydrogen) atoms. The molecule has 1 aromatic heterocycles. The number of aromatic nitrogens is 1. The molecule has 0 aliphatic heterocycles. The lowest BCUT2D eigenvalue weighted by atomic mass is 9.96. The predicted molar refractivity (Wildman–Crippen MR) is 114 cm³/mol. The Morgan fingerprint density at radius 3 is 2.46 bits per heavy atom. The summed E-state index contributed by atoms with van der Waals surface area (Å²) in [6, 6.07) is 13.1. The van der Waals surface area contributed by atoms with Crippen molar-refractivity contribution in [2.45, 2.75) is 40.2 Å². The molecule has 146 valence electrons. The summed E-state index contributed by atoms with van der Waals surface area (Å²) in [5, 5.41) is 1.47. The number of benzene rings is 2. The van der Waals surface area contributed by atoms with E-state index in [2.05, 4.69) is 11.5 Å². The number of Topliss-reactive ketones (excluding diaryl/α,β-unsaturated/α-hetero) is 1. The average Bonchev–Trinajstić information content (AvgIpc) is 2.95. The SMILES string of the molecule is CCCc1c(C(=O)C(C)C)c2cc(C(N)=O)ccc2n1Cc1ccccc1Cl. The van der Waals surface area contributed by atoms with E-state index in [4.69, 9.17) is 17.3 Å². The van der Waals surface area contributed by atoms with Gasteiger partial charge in [-0.25, -0.2) is 0 Å². The highest BCUT2D eigenvalue weighted by Gasteiger charge is 2.24. The van der Waals surface area contributed by atoms with Crippen molar-refractivity contribution >= 4 is 34.2 Å². The molecular weight excluding hydrogens is 372 g/mol. The van der Waals surface area contributed by atoms with Crippen LogP contribution in [-0.4, -0.2) is 16.3 Å². The fourth-order valence-corrected chi connectivity index (χ4v) is 3.79. The monoisotopic (exact) mass is 396 g/mol. The Hall–Kier alpha value is -2.59. The van der Waals surface area contributed by atoms with Gasteiger partial charge in [0.1, 0.15) is 0 Å². The molecular formula is C23H25ClN2O2. The van der Waals surface area contributed by atoms with Gasteiger partial charge in [0.15, 0.2) is 5.78 Å². The van der Waals surface area contributed by atoms with Crippen molar-refractivity contribution in [1.29, 1.82) is 0 Å². The molecule has 0 unspecified atom stereocenters. The smallest absolute Gasteiger partial charge is 0.248 e. The maximum Gasteiger partial charge on any atom is 0.248 e. The number of hydrogen-bond donors (Lipinski definition) is 1. The first kappa shape index (κ1) is 20.2. The molecule has 1 amide bonds. The van der Waals surface area contributed by atoms with Crippen molar-refractivity contribution in [1.82, 2.24) is 4.57 Å². The largest absolute Gasteiger partial charge is 0.366 e. The van der Waals surface area contributed by atoms with Gasteiger partial charge in [0, 0.05) is 45.2 Å². The lowest BCUT2D eigenvalue weighted by molar-refractivity contribution is 0.0938. The van der Waals surface area contributed by atoms with Crippen LogP contribution in [0, 0.1) is 5.92 Å². The Morgan fingerprint density at radius 2 is 1.86 bits per heavy atom. The molecule has 0 aliphatic rings. The van der Waals surface area contributed by atoms with Crippen LogP contribution in [0.25, 0.3) is 10.9 Å². The first-order valence-corrected chi connectivity index (χ1v) is 9.95. The zero-order chi connectivity index (χ0) is 20.4.